The van der Waals surface area contributed by atoms with E-state index in [1.54, 1.807) is 0 Å². The highest BCUT2D eigenvalue weighted by Gasteiger charge is 2.33. The molecule has 1 aliphatic rings. The molecule has 0 aromatic carbocycles. The number of carboxylic acids is 1. The summed E-state index contributed by atoms with van der Waals surface area (Å²) in [6.07, 6.45) is 7.05. The lowest BCUT2D eigenvalue weighted by Crippen LogP contribution is -2.25. The third kappa shape index (κ3) is 2.16. The number of halogens is 1. The van der Waals surface area contributed by atoms with Crippen LogP contribution in [0.4, 0.5) is 0 Å². The maximum absolute atomic E-state index is 11.4. The first-order valence-corrected chi connectivity index (χ1v) is 6.84. The molecule has 2 atom stereocenters. The number of hydrogen-bond donors (Lipinski definition) is 1. The van der Waals surface area contributed by atoms with Crippen LogP contribution in [0.25, 0.3) is 5.65 Å². The Labute approximate surface area is 118 Å². The number of aliphatic carboxylic acids is 1. The summed E-state index contributed by atoms with van der Waals surface area (Å²) in [5.41, 5.74) is 0.733. The van der Waals surface area contributed by atoms with Crippen molar-refractivity contribution in [2.24, 2.45) is 5.92 Å². The van der Waals surface area contributed by atoms with Gasteiger partial charge in [-0.25, -0.2) is 0 Å². The number of fused-ring (bicyclic) bond motifs is 1. The first-order chi connectivity index (χ1) is 9.16. The van der Waals surface area contributed by atoms with Crippen LogP contribution in [-0.2, 0) is 4.79 Å². The number of carboxylic acid groups (broad SMARTS) is 1. The molecule has 2 heterocycles. The fraction of sp³-hybridized carbons (Fsp3) is 0.308. The van der Waals surface area contributed by atoms with Crippen molar-refractivity contribution in [1.29, 1.82) is 0 Å². The van der Waals surface area contributed by atoms with E-state index in [-0.39, 0.29) is 5.92 Å². The van der Waals surface area contributed by atoms with Gasteiger partial charge in [-0.15, -0.1) is 10.2 Å². The van der Waals surface area contributed by atoms with Gasteiger partial charge in [0.15, 0.2) is 5.65 Å². The number of allylic oxidation sites excluding steroid dienone is 2. The van der Waals surface area contributed by atoms with Gasteiger partial charge in [0.25, 0.3) is 0 Å². The second kappa shape index (κ2) is 4.77. The van der Waals surface area contributed by atoms with Gasteiger partial charge in [-0.3, -0.25) is 9.20 Å². The zero-order valence-electron chi connectivity index (χ0n) is 10.0. The first-order valence-electron chi connectivity index (χ1n) is 6.05. The normalized spacial score (nSPS) is 22.8. The van der Waals surface area contributed by atoms with Gasteiger partial charge in [-0.1, -0.05) is 12.2 Å². The highest BCUT2D eigenvalue weighted by Crippen LogP contribution is 2.34. The van der Waals surface area contributed by atoms with E-state index in [9.17, 15) is 9.90 Å². The molecule has 3 rings (SSSR count). The topological polar surface area (TPSA) is 67.5 Å². The molecular formula is C13H12BrN3O2. The van der Waals surface area contributed by atoms with E-state index in [1.165, 1.54) is 0 Å². The molecule has 6 heteroatoms. The zero-order chi connectivity index (χ0) is 13.4. The minimum atomic E-state index is -0.777. The number of hydrogen-bond acceptors (Lipinski definition) is 3. The molecule has 98 valence electrons. The predicted molar refractivity (Wildman–Crippen MR) is 72.9 cm³/mol. The third-order valence-electron chi connectivity index (χ3n) is 3.47. The Morgan fingerprint density at radius 1 is 1.32 bits per heavy atom. The van der Waals surface area contributed by atoms with Crippen molar-refractivity contribution in [2.75, 3.05) is 0 Å². The van der Waals surface area contributed by atoms with Crippen molar-refractivity contribution in [3.05, 3.63) is 40.8 Å². The molecule has 1 aliphatic carbocycles. The van der Waals surface area contributed by atoms with E-state index < -0.39 is 11.9 Å². The van der Waals surface area contributed by atoms with E-state index in [2.05, 4.69) is 26.1 Å². The van der Waals surface area contributed by atoms with Crippen molar-refractivity contribution in [3.63, 3.8) is 0 Å². The molecule has 0 unspecified atom stereocenters. The van der Waals surface area contributed by atoms with E-state index >= 15 is 0 Å². The Morgan fingerprint density at radius 2 is 2.11 bits per heavy atom. The molecular weight excluding hydrogens is 310 g/mol. The van der Waals surface area contributed by atoms with E-state index in [0.717, 1.165) is 10.1 Å². The summed E-state index contributed by atoms with van der Waals surface area (Å²) in [4.78, 5) is 11.4. The average molecular weight is 322 g/mol. The molecule has 0 amide bonds. The van der Waals surface area contributed by atoms with Crippen molar-refractivity contribution in [1.82, 2.24) is 14.6 Å². The number of pyridine rings is 1. The lowest BCUT2D eigenvalue weighted by molar-refractivity contribution is -0.142. The Balaban J connectivity index is 2.10. The average Bonchev–Trinajstić information content (AvgIpc) is 2.81. The molecule has 0 radical (unpaired) electrons. The summed E-state index contributed by atoms with van der Waals surface area (Å²) in [7, 11) is 0. The minimum Gasteiger partial charge on any atom is -0.481 e. The fourth-order valence-electron chi connectivity index (χ4n) is 2.51. The molecule has 0 saturated carbocycles. The highest BCUT2D eigenvalue weighted by molar-refractivity contribution is 9.10. The monoisotopic (exact) mass is 321 g/mol. The first kappa shape index (κ1) is 12.3. The molecule has 2 aromatic heterocycles. The van der Waals surface area contributed by atoms with Gasteiger partial charge in [0, 0.05) is 16.6 Å². The molecule has 2 aromatic rings. The number of rotatable bonds is 2. The molecule has 0 fully saturated rings. The maximum Gasteiger partial charge on any atom is 0.307 e. The predicted octanol–water partition coefficient (Wildman–Crippen LogP) is 2.63. The van der Waals surface area contributed by atoms with Crippen LogP contribution in [0.1, 0.15) is 24.6 Å². The maximum atomic E-state index is 11.4. The largest absolute Gasteiger partial charge is 0.481 e. The SMILES string of the molecule is O=C(O)[C@H]1CC=CC[C@H]1c1nnc2ccc(Br)cn12. The van der Waals surface area contributed by atoms with Gasteiger partial charge in [0.2, 0.25) is 0 Å². The van der Waals surface area contributed by atoms with E-state index in [1.807, 2.05) is 34.9 Å². The number of nitrogens with zero attached hydrogens (tertiary/aromatic N) is 3. The summed E-state index contributed by atoms with van der Waals surface area (Å²) in [6, 6.07) is 3.75. The minimum absolute atomic E-state index is 0.133. The van der Waals surface area contributed by atoms with Crippen LogP contribution in [0.5, 0.6) is 0 Å². The molecule has 0 spiro atoms. The van der Waals surface area contributed by atoms with Crippen LogP contribution in [0, 0.1) is 5.92 Å². The van der Waals surface area contributed by atoms with Crippen LogP contribution >= 0.6 is 15.9 Å². The van der Waals surface area contributed by atoms with Gasteiger partial charge in [0.1, 0.15) is 5.82 Å². The summed E-state index contributed by atoms with van der Waals surface area (Å²) in [5.74, 6) is -0.627. The van der Waals surface area contributed by atoms with Crippen molar-refractivity contribution < 1.29 is 9.90 Å². The Kier molecular flexibility index (Phi) is 3.10. The lowest BCUT2D eigenvalue weighted by Gasteiger charge is -2.23. The van der Waals surface area contributed by atoms with Gasteiger partial charge in [-0.05, 0) is 40.9 Å². The fourth-order valence-corrected chi connectivity index (χ4v) is 2.84. The van der Waals surface area contributed by atoms with Crippen LogP contribution in [0.15, 0.2) is 35.0 Å². The summed E-state index contributed by atoms with van der Waals surface area (Å²) < 4.78 is 2.78. The van der Waals surface area contributed by atoms with Crippen LogP contribution in [0.3, 0.4) is 0 Å². The lowest BCUT2D eigenvalue weighted by atomic mass is 9.82. The van der Waals surface area contributed by atoms with Gasteiger partial charge < -0.3 is 5.11 Å². The van der Waals surface area contributed by atoms with Gasteiger partial charge in [-0.2, -0.15) is 0 Å². The van der Waals surface area contributed by atoms with Crippen LogP contribution < -0.4 is 0 Å². The quantitative estimate of drug-likeness (QED) is 0.863. The molecule has 0 aliphatic heterocycles. The van der Waals surface area contributed by atoms with E-state index in [0.29, 0.717) is 18.7 Å². The van der Waals surface area contributed by atoms with E-state index in [4.69, 9.17) is 0 Å². The molecule has 1 N–H and O–H groups in total. The van der Waals surface area contributed by atoms with Crippen molar-refractivity contribution in [2.45, 2.75) is 18.8 Å². The van der Waals surface area contributed by atoms with Gasteiger partial charge >= 0.3 is 5.97 Å². The third-order valence-corrected chi connectivity index (χ3v) is 3.94. The molecule has 0 bridgehead atoms. The van der Waals surface area contributed by atoms with Crippen molar-refractivity contribution >= 4 is 27.5 Å². The highest BCUT2D eigenvalue weighted by atomic mass is 79.9. The Morgan fingerprint density at radius 3 is 2.89 bits per heavy atom. The molecule has 19 heavy (non-hydrogen) atoms. The van der Waals surface area contributed by atoms with Gasteiger partial charge in [0.05, 0.1) is 5.92 Å². The Bertz CT molecular complexity index is 665. The second-order valence-corrected chi connectivity index (χ2v) is 5.54. The van der Waals surface area contributed by atoms with Crippen LogP contribution in [-0.4, -0.2) is 25.7 Å². The molecule has 5 nitrogen and oxygen atoms in total. The summed E-state index contributed by atoms with van der Waals surface area (Å²) >= 11 is 3.41. The number of carbonyl (C=O) groups is 1. The van der Waals surface area contributed by atoms with Crippen LogP contribution in [0.2, 0.25) is 0 Å². The second-order valence-electron chi connectivity index (χ2n) is 4.63. The number of aromatic nitrogens is 3. The zero-order valence-corrected chi connectivity index (χ0v) is 11.6. The standard InChI is InChI=1S/C13H12BrN3O2/c14-8-5-6-11-15-16-12(17(11)7-8)9-3-1-2-4-10(9)13(18)19/h1-2,5-7,9-10H,3-4H2,(H,18,19)/t9-,10+/m1/s1. The smallest absolute Gasteiger partial charge is 0.307 e. The molecule has 0 saturated heterocycles. The summed E-state index contributed by atoms with van der Waals surface area (Å²) in [5, 5.41) is 17.6. The Hall–Kier alpha value is -1.69. The summed E-state index contributed by atoms with van der Waals surface area (Å²) in [6.45, 7) is 0. The van der Waals surface area contributed by atoms with Crippen molar-refractivity contribution in [3.8, 4) is 0 Å².